The molecule has 0 aliphatic rings. The number of para-hydroxylation sites is 1. The lowest BCUT2D eigenvalue weighted by molar-refractivity contribution is 0.475. The Hall–Kier alpha value is -2.59. The normalized spacial score (nSPS) is 11.0. The van der Waals surface area contributed by atoms with Gasteiger partial charge in [0.2, 0.25) is 5.89 Å². The SMILES string of the molecule is Oc1ccc(-c2nc3cccc(-c4cccs4)c3o2)cc1. The van der Waals surface area contributed by atoms with Crippen molar-refractivity contribution in [1.82, 2.24) is 4.98 Å². The molecule has 3 nitrogen and oxygen atoms in total. The number of aromatic hydroxyl groups is 1. The van der Waals surface area contributed by atoms with Gasteiger partial charge in [0.05, 0.1) is 0 Å². The smallest absolute Gasteiger partial charge is 0.227 e. The zero-order valence-corrected chi connectivity index (χ0v) is 11.8. The van der Waals surface area contributed by atoms with Crippen LogP contribution in [0.25, 0.3) is 33.0 Å². The first kappa shape index (κ1) is 12.2. The minimum absolute atomic E-state index is 0.231. The Bertz CT molecular complexity index is 892. The number of rotatable bonds is 2. The lowest BCUT2D eigenvalue weighted by atomic mass is 10.1. The first-order valence-electron chi connectivity index (χ1n) is 6.54. The van der Waals surface area contributed by atoms with Gasteiger partial charge >= 0.3 is 0 Å². The monoisotopic (exact) mass is 293 g/mol. The summed E-state index contributed by atoms with van der Waals surface area (Å²) in [6.45, 7) is 0. The van der Waals surface area contributed by atoms with Crippen molar-refractivity contribution >= 4 is 22.4 Å². The zero-order valence-electron chi connectivity index (χ0n) is 11.0. The summed E-state index contributed by atoms with van der Waals surface area (Å²) in [5, 5.41) is 11.4. The summed E-state index contributed by atoms with van der Waals surface area (Å²) in [6.07, 6.45) is 0. The van der Waals surface area contributed by atoms with Gasteiger partial charge in [-0.15, -0.1) is 11.3 Å². The van der Waals surface area contributed by atoms with E-state index in [9.17, 15) is 5.11 Å². The number of aromatic nitrogens is 1. The molecule has 4 aromatic rings. The van der Waals surface area contributed by atoms with Crippen LogP contribution in [-0.2, 0) is 0 Å². The van der Waals surface area contributed by atoms with Crippen LogP contribution in [0.3, 0.4) is 0 Å². The predicted octanol–water partition coefficient (Wildman–Crippen LogP) is 4.93. The maximum Gasteiger partial charge on any atom is 0.227 e. The molecular formula is C17H11NO2S. The molecule has 2 aromatic carbocycles. The highest BCUT2D eigenvalue weighted by molar-refractivity contribution is 7.13. The van der Waals surface area contributed by atoms with Crippen LogP contribution in [-0.4, -0.2) is 10.1 Å². The summed E-state index contributed by atoms with van der Waals surface area (Å²) < 4.78 is 5.96. The number of fused-ring (bicyclic) bond motifs is 1. The molecule has 4 heteroatoms. The molecule has 102 valence electrons. The average molecular weight is 293 g/mol. The summed E-state index contributed by atoms with van der Waals surface area (Å²) in [5.74, 6) is 0.795. The fourth-order valence-corrected chi connectivity index (χ4v) is 3.05. The van der Waals surface area contributed by atoms with E-state index in [4.69, 9.17) is 4.42 Å². The standard InChI is InChI=1S/C17H11NO2S/c19-12-8-6-11(7-9-12)17-18-14-4-1-3-13(16(14)20-17)15-5-2-10-21-15/h1-10,19H. The van der Waals surface area contributed by atoms with Crippen molar-refractivity contribution in [3.05, 3.63) is 60.0 Å². The minimum Gasteiger partial charge on any atom is -0.508 e. The number of oxazole rings is 1. The second kappa shape index (κ2) is 4.75. The van der Waals surface area contributed by atoms with Crippen LogP contribution in [0.5, 0.6) is 5.75 Å². The molecule has 0 atom stereocenters. The van der Waals surface area contributed by atoms with E-state index in [0.29, 0.717) is 5.89 Å². The largest absolute Gasteiger partial charge is 0.508 e. The van der Waals surface area contributed by atoms with Crippen LogP contribution in [0.4, 0.5) is 0 Å². The first-order valence-corrected chi connectivity index (χ1v) is 7.42. The molecule has 2 aromatic heterocycles. The maximum atomic E-state index is 9.36. The number of phenols is 1. The van der Waals surface area contributed by atoms with Crippen molar-refractivity contribution in [2.45, 2.75) is 0 Å². The van der Waals surface area contributed by atoms with Gasteiger partial charge in [-0.3, -0.25) is 0 Å². The van der Waals surface area contributed by atoms with Crippen molar-refractivity contribution < 1.29 is 9.52 Å². The molecule has 0 unspecified atom stereocenters. The number of hydrogen-bond acceptors (Lipinski definition) is 4. The van der Waals surface area contributed by atoms with E-state index in [-0.39, 0.29) is 5.75 Å². The molecule has 0 amide bonds. The Morgan fingerprint density at radius 1 is 0.952 bits per heavy atom. The molecule has 0 fully saturated rings. The highest BCUT2D eigenvalue weighted by Crippen LogP contribution is 2.34. The topological polar surface area (TPSA) is 46.3 Å². The van der Waals surface area contributed by atoms with Crippen molar-refractivity contribution in [3.8, 4) is 27.6 Å². The van der Waals surface area contributed by atoms with Gasteiger partial charge in [-0.05, 0) is 47.8 Å². The number of thiophene rings is 1. The number of benzene rings is 2. The zero-order chi connectivity index (χ0) is 14.2. The quantitative estimate of drug-likeness (QED) is 0.570. The van der Waals surface area contributed by atoms with Crippen LogP contribution >= 0.6 is 11.3 Å². The highest BCUT2D eigenvalue weighted by Gasteiger charge is 2.13. The molecular weight excluding hydrogens is 282 g/mol. The van der Waals surface area contributed by atoms with Crippen LogP contribution in [0.1, 0.15) is 0 Å². The van der Waals surface area contributed by atoms with E-state index in [1.54, 1.807) is 35.6 Å². The van der Waals surface area contributed by atoms with Crippen LogP contribution in [0, 0.1) is 0 Å². The Labute approximate surface area is 125 Å². The Kier molecular flexibility index (Phi) is 2.75. The minimum atomic E-state index is 0.231. The van der Waals surface area contributed by atoms with Crippen LogP contribution < -0.4 is 0 Å². The number of nitrogens with zero attached hydrogens (tertiary/aromatic N) is 1. The molecule has 0 saturated carbocycles. The van der Waals surface area contributed by atoms with Crippen molar-refractivity contribution in [3.63, 3.8) is 0 Å². The maximum absolute atomic E-state index is 9.36. The van der Waals surface area contributed by atoms with Gasteiger partial charge in [-0.2, -0.15) is 0 Å². The van der Waals surface area contributed by atoms with Gasteiger partial charge in [0.1, 0.15) is 11.3 Å². The van der Waals surface area contributed by atoms with Gasteiger partial charge in [-0.25, -0.2) is 4.98 Å². The predicted molar refractivity (Wildman–Crippen MR) is 84.4 cm³/mol. The van der Waals surface area contributed by atoms with Gasteiger partial charge in [0, 0.05) is 16.0 Å². The third kappa shape index (κ3) is 2.10. The molecule has 0 bridgehead atoms. The van der Waals surface area contributed by atoms with E-state index < -0.39 is 0 Å². The molecule has 0 spiro atoms. The number of hydrogen-bond donors (Lipinski definition) is 1. The summed E-state index contributed by atoms with van der Waals surface area (Å²) in [6, 6.07) is 16.9. The van der Waals surface area contributed by atoms with Crippen molar-refractivity contribution in [2.75, 3.05) is 0 Å². The number of phenolic OH excluding ortho intramolecular Hbond substituents is 1. The van der Waals surface area contributed by atoms with Gasteiger partial charge in [-0.1, -0.05) is 12.1 Å². The molecule has 2 heterocycles. The first-order chi connectivity index (χ1) is 10.3. The molecule has 0 aliphatic carbocycles. The van der Waals surface area contributed by atoms with Crippen LogP contribution in [0.2, 0.25) is 0 Å². The lowest BCUT2D eigenvalue weighted by Crippen LogP contribution is -1.75. The van der Waals surface area contributed by atoms with E-state index in [1.807, 2.05) is 29.6 Å². The van der Waals surface area contributed by atoms with Gasteiger partial charge < -0.3 is 9.52 Å². The van der Waals surface area contributed by atoms with Crippen molar-refractivity contribution in [2.24, 2.45) is 0 Å². The highest BCUT2D eigenvalue weighted by atomic mass is 32.1. The van der Waals surface area contributed by atoms with Gasteiger partial charge in [0.15, 0.2) is 5.58 Å². The summed E-state index contributed by atoms with van der Waals surface area (Å²) in [4.78, 5) is 5.70. The summed E-state index contributed by atoms with van der Waals surface area (Å²) in [5.41, 5.74) is 3.54. The fraction of sp³-hybridized carbons (Fsp3) is 0. The van der Waals surface area contributed by atoms with E-state index in [1.165, 1.54) is 0 Å². The third-order valence-electron chi connectivity index (χ3n) is 3.32. The Balaban J connectivity index is 1.90. The third-order valence-corrected chi connectivity index (χ3v) is 4.22. The summed E-state index contributed by atoms with van der Waals surface area (Å²) >= 11 is 1.68. The second-order valence-corrected chi connectivity index (χ2v) is 5.64. The molecule has 0 aliphatic heterocycles. The molecule has 0 radical (unpaired) electrons. The van der Waals surface area contributed by atoms with Gasteiger partial charge in [0.25, 0.3) is 0 Å². The molecule has 21 heavy (non-hydrogen) atoms. The Morgan fingerprint density at radius 2 is 1.81 bits per heavy atom. The van der Waals surface area contributed by atoms with Crippen molar-refractivity contribution in [1.29, 1.82) is 0 Å². The molecule has 1 N–H and O–H groups in total. The molecule has 0 saturated heterocycles. The Morgan fingerprint density at radius 3 is 2.57 bits per heavy atom. The van der Waals surface area contributed by atoms with E-state index >= 15 is 0 Å². The average Bonchev–Trinajstić information content (AvgIpc) is 3.17. The van der Waals surface area contributed by atoms with E-state index in [0.717, 1.165) is 27.1 Å². The second-order valence-electron chi connectivity index (χ2n) is 4.70. The molecule has 4 rings (SSSR count). The summed E-state index contributed by atoms with van der Waals surface area (Å²) in [7, 11) is 0. The van der Waals surface area contributed by atoms with Crippen LogP contribution in [0.15, 0.2) is 64.4 Å². The van der Waals surface area contributed by atoms with E-state index in [2.05, 4.69) is 11.1 Å². The lowest BCUT2D eigenvalue weighted by Gasteiger charge is -1.97. The fourth-order valence-electron chi connectivity index (χ4n) is 2.30.